The highest BCUT2D eigenvalue weighted by Gasteiger charge is 2.25. The number of esters is 2. The van der Waals surface area contributed by atoms with Crippen molar-refractivity contribution in [2.45, 2.75) is 148 Å². The monoisotopic (exact) mass is 761 g/mol. The normalized spacial score (nSPS) is 14.3. The Morgan fingerprint density at radius 3 is 1.57 bits per heavy atom. The number of unbranched alkanes of at least 4 members (excludes halogenated alkanes) is 9. The number of ether oxygens (including phenoxy) is 2. The van der Waals surface area contributed by atoms with E-state index in [1.807, 2.05) is 0 Å². The SMILES string of the molecule is CC/C=C/C/C=C/C/C=C/CCCCCCCC(=O)OC[C@H](COP(=O)(O)OCCN)OC(=O)CCCCC/C=C/C/C=C/C/C=C/C/C=C/CCC. The van der Waals surface area contributed by atoms with Crippen molar-refractivity contribution >= 4 is 19.8 Å². The molecule has 302 valence electrons. The van der Waals surface area contributed by atoms with E-state index < -0.39 is 32.5 Å². The number of carbonyl (C=O) groups excluding carboxylic acids is 2. The molecule has 0 saturated heterocycles. The molecular formula is C43H72NO8P. The van der Waals surface area contributed by atoms with E-state index in [9.17, 15) is 19.0 Å². The van der Waals surface area contributed by atoms with E-state index in [0.717, 1.165) is 96.3 Å². The van der Waals surface area contributed by atoms with Gasteiger partial charge in [-0.15, -0.1) is 0 Å². The van der Waals surface area contributed by atoms with E-state index in [1.165, 1.54) is 6.42 Å². The summed E-state index contributed by atoms with van der Waals surface area (Å²) in [5.74, 6) is -0.895. The molecule has 0 aromatic carbocycles. The molecule has 0 saturated carbocycles. The molecule has 3 N–H and O–H groups in total. The van der Waals surface area contributed by atoms with Crippen molar-refractivity contribution in [2.24, 2.45) is 5.73 Å². The predicted molar refractivity (Wildman–Crippen MR) is 219 cm³/mol. The van der Waals surface area contributed by atoms with Crippen molar-refractivity contribution in [3.05, 3.63) is 85.1 Å². The number of hydrogen-bond acceptors (Lipinski definition) is 8. The Hall–Kier alpha value is -2.81. The second kappa shape index (κ2) is 38.9. The molecule has 0 aliphatic carbocycles. The molecule has 2 atom stereocenters. The first-order valence-corrected chi connectivity index (χ1v) is 21.6. The molecule has 0 rings (SSSR count). The Balaban J connectivity index is 4.31. The van der Waals surface area contributed by atoms with Crippen LogP contribution in [-0.4, -0.2) is 49.3 Å². The highest BCUT2D eigenvalue weighted by molar-refractivity contribution is 7.47. The minimum Gasteiger partial charge on any atom is -0.462 e. The van der Waals surface area contributed by atoms with Gasteiger partial charge >= 0.3 is 19.8 Å². The van der Waals surface area contributed by atoms with Gasteiger partial charge in [0.1, 0.15) is 6.61 Å². The third kappa shape index (κ3) is 38.7. The van der Waals surface area contributed by atoms with E-state index in [1.54, 1.807) is 0 Å². The van der Waals surface area contributed by atoms with Crippen molar-refractivity contribution in [1.82, 2.24) is 0 Å². The number of hydrogen-bond donors (Lipinski definition) is 2. The summed E-state index contributed by atoms with van der Waals surface area (Å²) in [6.07, 6.45) is 47.5. The van der Waals surface area contributed by atoms with Crippen LogP contribution in [0.3, 0.4) is 0 Å². The minimum atomic E-state index is -4.39. The van der Waals surface area contributed by atoms with Crippen LogP contribution in [0.2, 0.25) is 0 Å². The zero-order valence-corrected chi connectivity index (χ0v) is 33.9. The van der Waals surface area contributed by atoms with Gasteiger partial charge in [0.15, 0.2) is 6.10 Å². The van der Waals surface area contributed by atoms with E-state index in [0.29, 0.717) is 12.8 Å². The van der Waals surface area contributed by atoms with Crippen molar-refractivity contribution in [3.8, 4) is 0 Å². The van der Waals surface area contributed by atoms with Crippen molar-refractivity contribution in [2.75, 3.05) is 26.4 Å². The molecule has 10 heteroatoms. The van der Waals surface area contributed by atoms with E-state index >= 15 is 0 Å². The maximum Gasteiger partial charge on any atom is 0.472 e. The lowest BCUT2D eigenvalue weighted by Crippen LogP contribution is -2.29. The summed E-state index contributed by atoms with van der Waals surface area (Å²) in [7, 11) is -4.39. The zero-order valence-electron chi connectivity index (χ0n) is 33.0. The topological polar surface area (TPSA) is 134 Å². The summed E-state index contributed by atoms with van der Waals surface area (Å²) < 4.78 is 32.7. The van der Waals surface area contributed by atoms with Crippen molar-refractivity contribution < 1.29 is 37.6 Å². The van der Waals surface area contributed by atoms with Gasteiger partial charge in [-0.1, -0.05) is 131 Å². The van der Waals surface area contributed by atoms with Crippen LogP contribution >= 0.6 is 7.82 Å². The van der Waals surface area contributed by atoms with Gasteiger partial charge in [-0.25, -0.2) is 4.57 Å². The Labute approximate surface area is 322 Å². The Bertz CT molecular complexity index is 1140. The van der Waals surface area contributed by atoms with Crippen LogP contribution in [-0.2, 0) is 32.7 Å². The zero-order chi connectivity index (χ0) is 38.9. The molecular weight excluding hydrogens is 689 g/mol. The lowest BCUT2D eigenvalue weighted by atomic mass is 10.1. The Kier molecular flexibility index (Phi) is 36.8. The van der Waals surface area contributed by atoms with E-state index in [2.05, 4.69) is 98.9 Å². The number of nitrogens with two attached hydrogens (primary N) is 1. The summed E-state index contributed by atoms with van der Waals surface area (Å²) in [6, 6.07) is 0. The Morgan fingerprint density at radius 2 is 1.04 bits per heavy atom. The molecule has 0 aliphatic heterocycles. The maximum absolute atomic E-state index is 12.5. The van der Waals surface area contributed by atoms with Crippen LogP contribution in [0.1, 0.15) is 142 Å². The van der Waals surface area contributed by atoms with Crippen LogP contribution < -0.4 is 5.73 Å². The molecule has 1 unspecified atom stereocenters. The number of carbonyl (C=O) groups is 2. The van der Waals surface area contributed by atoms with Crippen molar-refractivity contribution in [3.63, 3.8) is 0 Å². The predicted octanol–water partition coefficient (Wildman–Crippen LogP) is 11.3. The van der Waals surface area contributed by atoms with Gasteiger partial charge in [-0.3, -0.25) is 18.6 Å². The number of rotatable bonds is 36. The first-order chi connectivity index (χ1) is 25.8. The van der Waals surface area contributed by atoms with Gasteiger partial charge in [0.2, 0.25) is 0 Å². The summed E-state index contributed by atoms with van der Waals surface area (Å²) in [6.45, 7) is 3.46. The molecule has 0 amide bonds. The largest absolute Gasteiger partial charge is 0.472 e. The van der Waals surface area contributed by atoms with Gasteiger partial charge in [-0.2, -0.15) is 0 Å². The van der Waals surface area contributed by atoms with Crippen LogP contribution in [0.15, 0.2) is 85.1 Å². The van der Waals surface area contributed by atoms with Gasteiger partial charge in [0.05, 0.1) is 13.2 Å². The molecule has 0 fully saturated rings. The fourth-order valence-corrected chi connectivity index (χ4v) is 5.58. The third-order valence-corrected chi connectivity index (χ3v) is 8.73. The lowest BCUT2D eigenvalue weighted by Gasteiger charge is -2.19. The summed E-state index contributed by atoms with van der Waals surface area (Å²) in [5, 5.41) is 0. The first kappa shape index (κ1) is 50.2. The maximum atomic E-state index is 12.5. The fraction of sp³-hybridized carbons (Fsp3) is 0.628. The average Bonchev–Trinajstić information content (AvgIpc) is 3.14. The van der Waals surface area contributed by atoms with Crippen molar-refractivity contribution in [1.29, 1.82) is 0 Å². The molecule has 0 spiro atoms. The number of allylic oxidation sites excluding steroid dienone is 14. The molecule has 9 nitrogen and oxygen atoms in total. The number of phosphoric ester groups is 1. The average molecular weight is 762 g/mol. The molecule has 0 aromatic rings. The van der Waals surface area contributed by atoms with Gasteiger partial charge in [-0.05, 0) is 83.5 Å². The minimum absolute atomic E-state index is 0.0404. The second-order valence-electron chi connectivity index (χ2n) is 12.8. The summed E-state index contributed by atoms with van der Waals surface area (Å²) >= 11 is 0. The first-order valence-electron chi connectivity index (χ1n) is 20.1. The van der Waals surface area contributed by atoms with Crippen LogP contribution in [0, 0.1) is 0 Å². The standard InChI is InChI=1S/C43H72NO8P/c1-3-5-7-9-11-13-15-17-19-20-22-24-26-28-30-32-34-36-43(46)52-41(40-51-53(47,48)50-38-37-44)39-49-42(45)35-33-31-29-27-25-23-21-18-16-14-12-10-8-6-4-2/h6-9,12-15,18-21,24,26,41H,3-5,10-11,16-17,22-23,25,27-40,44H2,1-2H3,(H,47,48)/b8-6+,9-7+,14-12+,15-13+,20-19+,21-18+,26-24+/t41-/m1/s1. The third-order valence-electron chi connectivity index (χ3n) is 7.75. The molecule has 53 heavy (non-hydrogen) atoms. The Morgan fingerprint density at radius 1 is 0.585 bits per heavy atom. The van der Waals surface area contributed by atoms with Gasteiger partial charge in [0.25, 0.3) is 0 Å². The molecule has 0 heterocycles. The molecule has 0 bridgehead atoms. The molecule has 0 radical (unpaired) electrons. The molecule has 0 aliphatic rings. The lowest BCUT2D eigenvalue weighted by molar-refractivity contribution is -0.161. The van der Waals surface area contributed by atoms with E-state index in [-0.39, 0.29) is 32.6 Å². The second-order valence-corrected chi connectivity index (χ2v) is 14.2. The quantitative estimate of drug-likeness (QED) is 0.0277. The highest BCUT2D eigenvalue weighted by atomic mass is 31.2. The van der Waals surface area contributed by atoms with Crippen LogP contribution in [0.5, 0.6) is 0 Å². The van der Waals surface area contributed by atoms with Crippen LogP contribution in [0.25, 0.3) is 0 Å². The summed E-state index contributed by atoms with van der Waals surface area (Å²) in [4.78, 5) is 34.8. The smallest absolute Gasteiger partial charge is 0.462 e. The van der Waals surface area contributed by atoms with Crippen LogP contribution in [0.4, 0.5) is 0 Å². The van der Waals surface area contributed by atoms with Gasteiger partial charge in [0, 0.05) is 19.4 Å². The highest BCUT2D eigenvalue weighted by Crippen LogP contribution is 2.43. The molecule has 0 aromatic heterocycles. The fourth-order valence-electron chi connectivity index (χ4n) is 4.81. The number of phosphoric acid groups is 1. The summed E-state index contributed by atoms with van der Waals surface area (Å²) in [5.41, 5.74) is 5.33. The van der Waals surface area contributed by atoms with E-state index in [4.69, 9.17) is 24.3 Å². The van der Waals surface area contributed by atoms with Gasteiger partial charge < -0.3 is 20.1 Å².